The molecular formula is C21H34N4S. The first-order chi connectivity index (χ1) is 12.6. The summed E-state index contributed by atoms with van der Waals surface area (Å²) in [6.07, 6.45) is 6.51. The largest absolute Gasteiger partial charge is 0.360 e. The predicted octanol–water partition coefficient (Wildman–Crippen LogP) is 3.16. The molecule has 1 saturated heterocycles. The van der Waals surface area contributed by atoms with E-state index < -0.39 is 0 Å². The third-order valence-corrected chi connectivity index (χ3v) is 6.08. The summed E-state index contributed by atoms with van der Waals surface area (Å²) in [5, 5.41) is 7.98. The molecule has 0 aromatic heterocycles. The van der Waals surface area contributed by atoms with E-state index >= 15 is 0 Å². The molecule has 1 aliphatic heterocycles. The van der Waals surface area contributed by atoms with Gasteiger partial charge in [0.15, 0.2) is 5.11 Å². The summed E-state index contributed by atoms with van der Waals surface area (Å²) in [4.78, 5) is 5.02. The molecule has 4 nitrogen and oxygen atoms in total. The molecule has 0 radical (unpaired) electrons. The summed E-state index contributed by atoms with van der Waals surface area (Å²) in [6, 6.07) is 12.0. The lowest BCUT2D eigenvalue weighted by atomic mass is 9.95. The molecule has 1 heterocycles. The van der Waals surface area contributed by atoms with Gasteiger partial charge in [0.2, 0.25) is 0 Å². The highest BCUT2D eigenvalue weighted by molar-refractivity contribution is 7.80. The lowest BCUT2D eigenvalue weighted by Crippen LogP contribution is -2.53. The fourth-order valence-electron chi connectivity index (χ4n) is 4.33. The fraction of sp³-hybridized carbons (Fsp3) is 0.667. The van der Waals surface area contributed by atoms with E-state index in [1.54, 1.807) is 0 Å². The number of hydrogen-bond acceptors (Lipinski definition) is 3. The molecule has 0 unspecified atom stereocenters. The Morgan fingerprint density at radius 2 is 1.69 bits per heavy atom. The number of rotatable bonds is 5. The molecular weight excluding hydrogens is 340 g/mol. The minimum absolute atomic E-state index is 0.268. The zero-order chi connectivity index (χ0) is 18.4. The van der Waals surface area contributed by atoms with Crippen LogP contribution in [-0.4, -0.2) is 60.2 Å². The number of thiocarbonyl (C=S) groups is 1. The Morgan fingerprint density at radius 1 is 1.04 bits per heavy atom. The van der Waals surface area contributed by atoms with Crippen molar-refractivity contribution in [2.45, 2.75) is 57.2 Å². The van der Waals surface area contributed by atoms with Gasteiger partial charge in [0.05, 0.1) is 6.04 Å². The van der Waals surface area contributed by atoms with Crippen LogP contribution in [0.5, 0.6) is 0 Å². The van der Waals surface area contributed by atoms with Crippen LogP contribution in [0.25, 0.3) is 0 Å². The highest BCUT2D eigenvalue weighted by Gasteiger charge is 2.29. The Kier molecular flexibility index (Phi) is 7.29. The highest BCUT2D eigenvalue weighted by Crippen LogP contribution is 2.25. The number of nitrogens with one attached hydrogen (secondary N) is 2. The second-order valence-electron chi connectivity index (χ2n) is 7.94. The maximum Gasteiger partial charge on any atom is 0.166 e. The van der Waals surface area contributed by atoms with Gasteiger partial charge in [-0.2, -0.15) is 0 Å². The number of benzene rings is 1. The van der Waals surface area contributed by atoms with Crippen LogP contribution in [0, 0.1) is 0 Å². The lowest BCUT2D eigenvalue weighted by Gasteiger charge is -2.41. The van der Waals surface area contributed by atoms with Gasteiger partial charge in [-0.05, 0) is 44.6 Å². The van der Waals surface area contributed by atoms with E-state index in [4.69, 9.17) is 12.2 Å². The van der Waals surface area contributed by atoms with Crippen LogP contribution in [0.1, 0.15) is 50.6 Å². The van der Waals surface area contributed by atoms with Crippen LogP contribution < -0.4 is 10.6 Å². The molecule has 2 atom stereocenters. The summed E-state index contributed by atoms with van der Waals surface area (Å²) in [6.45, 7) is 6.72. The molecule has 1 aromatic rings. The standard InChI is InChI=1S/C21H34N4S/c1-17(22-21(26)23-19-11-7-4-8-12-19)20(18-9-5-3-6-10-18)25-15-13-24(2)14-16-25/h3,5-6,9-10,17,19-20H,4,7-8,11-16H2,1-2H3,(H2,22,23,26)/t17-,20+/m0/s1. The number of likely N-dealkylation sites (N-methyl/N-ethyl adjacent to an activating group) is 1. The van der Waals surface area contributed by atoms with E-state index in [0.717, 1.165) is 31.3 Å². The molecule has 144 valence electrons. The van der Waals surface area contributed by atoms with Gasteiger partial charge in [-0.1, -0.05) is 49.6 Å². The SMILES string of the molecule is C[C@H](NC(=S)NC1CCCCC1)[C@H](c1ccccc1)N1CCN(C)CC1. The summed E-state index contributed by atoms with van der Waals surface area (Å²) >= 11 is 5.65. The third-order valence-electron chi connectivity index (χ3n) is 5.85. The van der Waals surface area contributed by atoms with Crippen molar-refractivity contribution in [3.05, 3.63) is 35.9 Å². The monoisotopic (exact) mass is 374 g/mol. The summed E-state index contributed by atoms with van der Waals surface area (Å²) in [7, 11) is 2.21. The topological polar surface area (TPSA) is 30.5 Å². The molecule has 1 aromatic carbocycles. The average molecular weight is 375 g/mol. The zero-order valence-corrected chi connectivity index (χ0v) is 17.1. The molecule has 26 heavy (non-hydrogen) atoms. The van der Waals surface area contributed by atoms with Crippen LogP contribution in [0.2, 0.25) is 0 Å². The van der Waals surface area contributed by atoms with Gasteiger partial charge in [-0.3, -0.25) is 4.90 Å². The summed E-state index contributed by atoms with van der Waals surface area (Å²) in [5.74, 6) is 0. The predicted molar refractivity (Wildman–Crippen MR) is 113 cm³/mol. The molecule has 5 heteroatoms. The van der Waals surface area contributed by atoms with Crippen molar-refractivity contribution in [3.8, 4) is 0 Å². The smallest absolute Gasteiger partial charge is 0.166 e. The Balaban J connectivity index is 1.64. The Labute approximate surface area is 164 Å². The van der Waals surface area contributed by atoms with Crippen LogP contribution >= 0.6 is 12.2 Å². The van der Waals surface area contributed by atoms with Gasteiger partial charge >= 0.3 is 0 Å². The second kappa shape index (κ2) is 9.67. The van der Waals surface area contributed by atoms with Gasteiger partial charge in [0, 0.05) is 38.3 Å². The van der Waals surface area contributed by atoms with Crippen molar-refractivity contribution >= 4 is 17.3 Å². The minimum Gasteiger partial charge on any atom is -0.360 e. The normalized spacial score (nSPS) is 22.5. The molecule has 0 bridgehead atoms. The molecule has 2 fully saturated rings. The van der Waals surface area contributed by atoms with Gasteiger partial charge < -0.3 is 15.5 Å². The summed E-state index contributed by atoms with van der Waals surface area (Å²) in [5.41, 5.74) is 1.37. The van der Waals surface area contributed by atoms with E-state index in [0.29, 0.717) is 12.1 Å². The molecule has 3 rings (SSSR count). The van der Waals surface area contributed by atoms with E-state index in [2.05, 4.69) is 64.7 Å². The third kappa shape index (κ3) is 5.41. The van der Waals surface area contributed by atoms with Crippen molar-refractivity contribution < 1.29 is 0 Å². The average Bonchev–Trinajstić information content (AvgIpc) is 2.65. The zero-order valence-electron chi connectivity index (χ0n) is 16.3. The van der Waals surface area contributed by atoms with Crippen LogP contribution in [0.15, 0.2) is 30.3 Å². The fourth-order valence-corrected chi connectivity index (χ4v) is 4.68. The van der Waals surface area contributed by atoms with Gasteiger partial charge in [-0.25, -0.2) is 0 Å². The van der Waals surface area contributed by atoms with Crippen molar-refractivity contribution in [3.63, 3.8) is 0 Å². The quantitative estimate of drug-likeness (QED) is 0.773. The molecule has 2 aliphatic rings. The van der Waals surface area contributed by atoms with E-state index in [9.17, 15) is 0 Å². The molecule has 2 N–H and O–H groups in total. The Morgan fingerprint density at radius 3 is 2.35 bits per heavy atom. The second-order valence-corrected chi connectivity index (χ2v) is 8.34. The van der Waals surface area contributed by atoms with Crippen molar-refractivity contribution in [1.82, 2.24) is 20.4 Å². The highest BCUT2D eigenvalue weighted by atomic mass is 32.1. The van der Waals surface area contributed by atoms with Gasteiger partial charge in [-0.15, -0.1) is 0 Å². The van der Waals surface area contributed by atoms with Crippen molar-refractivity contribution in [2.75, 3.05) is 33.2 Å². The molecule has 1 aliphatic carbocycles. The number of hydrogen-bond donors (Lipinski definition) is 2. The maximum absolute atomic E-state index is 5.65. The first kappa shape index (κ1) is 19.6. The number of nitrogens with zero attached hydrogens (tertiary/aromatic N) is 2. The molecule has 0 amide bonds. The first-order valence-electron chi connectivity index (χ1n) is 10.2. The van der Waals surface area contributed by atoms with Crippen LogP contribution in [0.3, 0.4) is 0 Å². The number of piperazine rings is 1. The van der Waals surface area contributed by atoms with E-state index in [-0.39, 0.29) is 6.04 Å². The first-order valence-corrected chi connectivity index (χ1v) is 10.6. The summed E-state index contributed by atoms with van der Waals surface area (Å²) < 4.78 is 0. The van der Waals surface area contributed by atoms with E-state index in [1.807, 2.05) is 0 Å². The molecule has 0 spiro atoms. The van der Waals surface area contributed by atoms with Crippen LogP contribution in [-0.2, 0) is 0 Å². The minimum atomic E-state index is 0.268. The van der Waals surface area contributed by atoms with Gasteiger partial charge in [0.1, 0.15) is 0 Å². The van der Waals surface area contributed by atoms with Crippen molar-refractivity contribution in [1.29, 1.82) is 0 Å². The van der Waals surface area contributed by atoms with Crippen molar-refractivity contribution in [2.24, 2.45) is 0 Å². The van der Waals surface area contributed by atoms with Gasteiger partial charge in [0.25, 0.3) is 0 Å². The Bertz CT molecular complexity index is 550. The Hall–Kier alpha value is -1.17. The maximum atomic E-state index is 5.65. The van der Waals surface area contributed by atoms with Crippen LogP contribution in [0.4, 0.5) is 0 Å². The van der Waals surface area contributed by atoms with E-state index in [1.165, 1.54) is 37.7 Å². The lowest BCUT2D eigenvalue weighted by molar-refractivity contribution is 0.0970. The molecule has 1 saturated carbocycles.